The van der Waals surface area contributed by atoms with Gasteiger partial charge in [-0.3, -0.25) is 0 Å². The second kappa shape index (κ2) is 10.0. The Morgan fingerprint density at radius 2 is 1.67 bits per heavy atom. The van der Waals surface area contributed by atoms with Crippen molar-refractivity contribution in [2.24, 2.45) is 4.99 Å². The highest BCUT2D eigenvalue weighted by Crippen LogP contribution is 2.37. The lowest BCUT2D eigenvalue weighted by molar-refractivity contribution is 0.339. The maximum atomic E-state index is 13.2. The molecule has 8 heteroatoms. The molecule has 0 aliphatic carbocycles. The number of guanidine groups is 1. The predicted octanol–water partition coefficient (Wildman–Crippen LogP) is 2.84. The summed E-state index contributed by atoms with van der Waals surface area (Å²) in [5.41, 5.74) is 1.91. The van der Waals surface area contributed by atoms with Crippen LogP contribution in [0.4, 0.5) is 10.1 Å². The smallest absolute Gasteiger partial charge is 0.200 e. The number of halogens is 1. The van der Waals surface area contributed by atoms with Gasteiger partial charge >= 0.3 is 0 Å². The first-order valence-corrected chi connectivity index (χ1v) is 10.0. The van der Waals surface area contributed by atoms with Crippen molar-refractivity contribution in [3.63, 3.8) is 0 Å². The van der Waals surface area contributed by atoms with Gasteiger partial charge in [-0.15, -0.1) is 0 Å². The van der Waals surface area contributed by atoms with Crippen LogP contribution in [0.5, 0.6) is 17.2 Å². The first kappa shape index (κ1) is 21.5. The molecule has 1 aliphatic rings. The highest BCUT2D eigenvalue weighted by molar-refractivity contribution is 5.80. The second-order valence-electron chi connectivity index (χ2n) is 6.97. The van der Waals surface area contributed by atoms with E-state index in [1.54, 1.807) is 12.1 Å². The van der Waals surface area contributed by atoms with Crippen LogP contribution >= 0.6 is 0 Å². The van der Waals surface area contributed by atoms with Gasteiger partial charge in [-0.1, -0.05) is 0 Å². The summed E-state index contributed by atoms with van der Waals surface area (Å²) >= 11 is 0. The van der Waals surface area contributed by atoms with Crippen LogP contribution in [0.1, 0.15) is 12.5 Å². The van der Waals surface area contributed by atoms with Gasteiger partial charge in [-0.25, -0.2) is 9.38 Å². The van der Waals surface area contributed by atoms with Gasteiger partial charge in [0.05, 0.1) is 20.8 Å². The van der Waals surface area contributed by atoms with Crippen LogP contribution in [0, 0.1) is 5.82 Å². The van der Waals surface area contributed by atoms with E-state index in [1.807, 2.05) is 19.1 Å². The molecule has 3 rings (SSSR count). The minimum atomic E-state index is -0.221. The number of nitrogens with one attached hydrogen (secondary N) is 1. The highest BCUT2D eigenvalue weighted by atomic mass is 19.1. The van der Waals surface area contributed by atoms with Gasteiger partial charge in [0, 0.05) is 38.4 Å². The third kappa shape index (κ3) is 5.06. The van der Waals surface area contributed by atoms with Crippen LogP contribution in [0.2, 0.25) is 0 Å². The van der Waals surface area contributed by atoms with Crippen molar-refractivity contribution >= 4 is 11.6 Å². The molecule has 7 nitrogen and oxygen atoms in total. The van der Waals surface area contributed by atoms with E-state index in [0.717, 1.165) is 49.9 Å². The zero-order chi connectivity index (χ0) is 21.5. The fraction of sp³-hybridized carbons (Fsp3) is 0.409. The number of aromatic hydroxyl groups is 1. The van der Waals surface area contributed by atoms with Gasteiger partial charge in [0.1, 0.15) is 5.82 Å². The molecule has 1 saturated heterocycles. The predicted molar refractivity (Wildman–Crippen MR) is 116 cm³/mol. The lowest BCUT2D eigenvalue weighted by Gasteiger charge is -2.37. The molecule has 1 fully saturated rings. The van der Waals surface area contributed by atoms with Crippen LogP contribution in [-0.2, 0) is 6.54 Å². The van der Waals surface area contributed by atoms with Crippen molar-refractivity contribution in [1.29, 1.82) is 0 Å². The van der Waals surface area contributed by atoms with E-state index in [-0.39, 0.29) is 11.6 Å². The van der Waals surface area contributed by atoms with Crippen LogP contribution in [0.3, 0.4) is 0 Å². The molecule has 0 spiro atoms. The first-order valence-electron chi connectivity index (χ1n) is 10.0. The monoisotopic (exact) mass is 416 g/mol. The summed E-state index contributed by atoms with van der Waals surface area (Å²) in [5, 5.41) is 13.4. The van der Waals surface area contributed by atoms with E-state index in [0.29, 0.717) is 18.0 Å². The molecule has 1 heterocycles. The number of anilines is 1. The number of hydrogen-bond donors (Lipinski definition) is 2. The molecule has 0 amide bonds. The Balaban J connectivity index is 1.69. The average molecular weight is 416 g/mol. The number of methoxy groups -OCH3 is 2. The molecule has 2 aromatic rings. The lowest BCUT2D eigenvalue weighted by Crippen LogP contribution is -2.52. The Kier molecular flexibility index (Phi) is 7.21. The fourth-order valence-corrected chi connectivity index (χ4v) is 3.46. The van der Waals surface area contributed by atoms with E-state index < -0.39 is 0 Å². The first-order chi connectivity index (χ1) is 14.5. The van der Waals surface area contributed by atoms with Crippen LogP contribution in [0.25, 0.3) is 0 Å². The number of nitrogens with zero attached hydrogens (tertiary/aromatic N) is 3. The van der Waals surface area contributed by atoms with Crippen LogP contribution < -0.4 is 19.7 Å². The van der Waals surface area contributed by atoms with Gasteiger partial charge in [-0.2, -0.15) is 0 Å². The maximum absolute atomic E-state index is 13.2. The van der Waals surface area contributed by atoms with Crippen molar-refractivity contribution in [3.05, 3.63) is 47.8 Å². The Morgan fingerprint density at radius 1 is 1.07 bits per heavy atom. The summed E-state index contributed by atoms with van der Waals surface area (Å²) in [6.07, 6.45) is 0. The minimum absolute atomic E-state index is 0.0171. The largest absolute Gasteiger partial charge is 0.502 e. The minimum Gasteiger partial charge on any atom is -0.502 e. The van der Waals surface area contributed by atoms with E-state index in [1.165, 1.54) is 26.4 Å². The average Bonchev–Trinajstić information content (AvgIpc) is 2.78. The molecule has 0 radical (unpaired) electrons. The zero-order valence-corrected chi connectivity index (χ0v) is 17.7. The molecule has 1 aliphatic heterocycles. The fourth-order valence-electron chi connectivity index (χ4n) is 3.46. The number of hydrogen-bond acceptors (Lipinski definition) is 5. The molecular weight excluding hydrogens is 387 g/mol. The van der Waals surface area contributed by atoms with Crippen molar-refractivity contribution in [3.8, 4) is 17.2 Å². The van der Waals surface area contributed by atoms with Crippen molar-refractivity contribution in [2.75, 3.05) is 51.8 Å². The van der Waals surface area contributed by atoms with Gasteiger partial charge in [0.2, 0.25) is 5.75 Å². The molecule has 2 N–H and O–H groups in total. The number of ether oxygens (including phenoxy) is 2. The molecule has 0 unspecified atom stereocenters. The summed E-state index contributed by atoms with van der Waals surface area (Å²) < 4.78 is 23.6. The van der Waals surface area contributed by atoms with Gasteiger partial charge in [0.15, 0.2) is 17.5 Å². The van der Waals surface area contributed by atoms with E-state index >= 15 is 0 Å². The molecule has 2 aromatic carbocycles. The van der Waals surface area contributed by atoms with Gasteiger partial charge in [-0.05, 0) is 48.9 Å². The van der Waals surface area contributed by atoms with E-state index in [4.69, 9.17) is 14.5 Å². The molecular formula is C22H29FN4O3. The Morgan fingerprint density at radius 3 is 2.20 bits per heavy atom. The van der Waals surface area contributed by atoms with Gasteiger partial charge in [0.25, 0.3) is 0 Å². The zero-order valence-electron chi connectivity index (χ0n) is 17.7. The third-order valence-electron chi connectivity index (χ3n) is 5.06. The molecule has 0 aromatic heterocycles. The lowest BCUT2D eigenvalue weighted by atomic mass is 10.2. The Hall–Kier alpha value is -3.16. The van der Waals surface area contributed by atoms with E-state index in [9.17, 15) is 9.50 Å². The number of phenols is 1. The molecule has 30 heavy (non-hydrogen) atoms. The van der Waals surface area contributed by atoms with Crippen molar-refractivity contribution in [2.45, 2.75) is 13.5 Å². The highest BCUT2D eigenvalue weighted by Gasteiger charge is 2.20. The SMILES string of the molecule is CCNC(=NCc1cc(OC)c(O)c(OC)c1)N1CCN(c2ccc(F)cc2)CC1. The summed E-state index contributed by atoms with van der Waals surface area (Å²) in [5.74, 6) is 1.31. The maximum Gasteiger partial charge on any atom is 0.200 e. The molecule has 162 valence electrons. The van der Waals surface area contributed by atoms with Crippen LogP contribution in [-0.4, -0.2) is 62.9 Å². The third-order valence-corrected chi connectivity index (χ3v) is 5.06. The van der Waals surface area contributed by atoms with Gasteiger partial charge < -0.3 is 29.7 Å². The van der Waals surface area contributed by atoms with Crippen molar-refractivity contribution in [1.82, 2.24) is 10.2 Å². The van der Waals surface area contributed by atoms with E-state index in [2.05, 4.69) is 15.1 Å². The Labute approximate surface area is 176 Å². The standard InChI is InChI=1S/C22H29FN4O3/c1-4-24-22(25-15-16-13-19(29-2)21(28)20(14-16)30-3)27-11-9-26(10-12-27)18-7-5-17(23)6-8-18/h5-8,13-14,28H,4,9-12,15H2,1-3H3,(H,24,25). The number of piperazine rings is 1. The quantitative estimate of drug-likeness (QED) is 0.558. The molecule has 0 bridgehead atoms. The summed E-state index contributed by atoms with van der Waals surface area (Å²) in [4.78, 5) is 9.23. The topological polar surface area (TPSA) is 69.6 Å². The van der Waals surface area contributed by atoms with Crippen LogP contribution in [0.15, 0.2) is 41.4 Å². The second-order valence-corrected chi connectivity index (χ2v) is 6.97. The molecule has 0 atom stereocenters. The normalized spacial score (nSPS) is 14.6. The summed E-state index contributed by atoms with van der Waals surface area (Å²) in [7, 11) is 3.01. The number of benzene rings is 2. The number of rotatable bonds is 6. The summed E-state index contributed by atoms with van der Waals surface area (Å²) in [6, 6.07) is 10.1. The Bertz CT molecular complexity index is 840. The summed E-state index contributed by atoms with van der Waals surface area (Å²) in [6.45, 7) is 6.51. The number of phenolic OH excluding ortho intramolecular Hbond substituents is 1. The van der Waals surface area contributed by atoms with Crippen molar-refractivity contribution < 1.29 is 19.0 Å². The number of aliphatic imine (C=N–C) groups is 1. The molecule has 0 saturated carbocycles.